The molecule has 0 atom stereocenters. The third kappa shape index (κ3) is 6.47. The lowest BCUT2D eigenvalue weighted by Gasteiger charge is -2.10. The normalized spacial score (nSPS) is 11.3. The van der Waals surface area contributed by atoms with Gasteiger partial charge in [0.05, 0.1) is 4.90 Å². The smallest absolute Gasteiger partial charge is 0.313 e. The summed E-state index contributed by atoms with van der Waals surface area (Å²) < 4.78 is 26.7. The first-order chi connectivity index (χ1) is 13.2. The molecule has 0 aromatic heterocycles. The second-order valence-electron chi connectivity index (χ2n) is 6.75. The van der Waals surface area contributed by atoms with E-state index in [0.29, 0.717) is 12.1 Å². The van der Waals surface area contributed by atoms with Gasteiger partial charge >= 0.3 is 11.8 Å². The van der Waals surface area contributed by atoms with Gasteiger partial charge in [0.25, 0.3) is 0 Å². The number of rotatable bonds is 7. The molecule has 2 rings (SSSR count). The maximum Gasteiger partial charge on any atom is 0.313 e. The summed E-state index contributed by atoms with van der Waals surface area (Å²) in [6.07, 6.45) is 0.474. The number of hydrogen-bond acceptors (Lipinski definition) is 4. The molecule has 2 amide bonds. The number of sulfonamides is 1. The van der Waals surface area contributed by atoms with Gasteiger partial charge in [0.15, 0.2) is 0 Å². The molecule has 0 aliphatic carbocycles. The molecule has 2 aromatic carbocycles. The van der Waals surface area contributed by atoms with Crippen molar-refractivity contribution in [1.29, 1.82) is 0 Å². The highest BCUT2D eigenvalue weighted by Crippen LogP contribution is 2.11. The largest absolute Gasteiger partial charge is 0.347 e. The predicted molar refractivity (Wildman–Crippen MR) is 108 cm³/mol. The van der Waals surface area contributed by atoms with Crippen LogP contribution in [0.2, 0.25) is 0 Å². The van der Waals surface area contributed by atoms with Crippen LogP contribution in [0.3, 0.4) is 0 Å². The Bertz CT molecular complexity index is 921. The fraction of sp³-hybridized carbons (Fsp3) is 0.300. The van der Waals surface area contributed by atoms with Crippen LogP contribution in [0, 0.1) is 6.92 Å². The number of aryl methyl sites for hydroxylation is 1. The molecule has 7 nitrogen and oxygen atoms in total. The van der Waals surface area contributed by atoms with Gasteiger partial charge in [-0.2, -0.15) is 0 Å². The number of carbonyl (C=O) groups is 2. The van der Waals surface area contributed by atoms with Crippen molar-refractivity contribution in [3.05, 3.63) is 59.7 Å². The van der Waals surface area contributed by atoms with Crippen LogP contribution in [-0.2, 0) is 26.0 Å². The molecule has 0 fully saturated rings. The first-order valence-electron chi connectivity index (χ1n) is 8.94. The summed E-state index contributed by atoms with van der Waals surface area (Å²) in [6.45, 7) is 5.70. The van der Waals surface area contributed by atoms with E-state index in [-0.39, 0.29) is 17.5 Å². The van der Waals surface area contributed by atoms with Crippen LogP contribution in [0.15, 0.2) is 53.4 Å². The van der Waals surface area contributed by atoms with Crippen molar-refractivity contribution in [2.24, 2.45) is 0 Å². The number of hydrogen-bond donors (Lipinski definition) is 3. The maximum atomic E-state index is 12.1. The molecule has 0 aliphatic rings. The molecule has 0 saturated carbocycles. The summed E-state index contributed by atoms with van der Waals surface area (Å²) in [7, 11) is -3.53. The monoisotopic (exact) mass is 403 g/mol. The molecule has 0 radical (unpaired) electrons. The first-order valence-corrected chi connectivity index (χ1v) is 10.4. The minimum Gasteiger partial charge on any atom is -0.347 e. The van der Waals surface area contributed by atoms with Gasteiger partial charge in [0.1, 0.15) is 0 Å². The number of nitrogens with one attached hydrogen (secondary N) is 3. The van der Waals surface area contributed by atoms with Gasteiger partial charge in [0, 0.05) is 18.3 Å². The van der Waals surface area contributed by atoms with Crippen LogP contribution in [0.4, 0.5) is 5.69 Å². The second kappa shape index (κ2) is 9.48. The fourth-order valence-electron chi connectivity index (χ4n) is 2.44. The lowest BCUT2D eigenvalue weighted by atomic mass is 10.1. The molecule has 0 spiro atoms. The van der Waals surface area contributed by atoms with E-state index in [1.54, 1.807) is 38.1 Å². The zero-order chi connectivity index (χ0) is 20.7. The van der Waals surface area contributed by atoms with E-state index >= 15 is 0 Å². The van der Waals surface area contributed by atoms with Crippen molar-refractivity contribution >= 4 is 27.5 Å². The van der Waals surface area contributed by atoms with Crippen LogP contribution in [0.25, 0.3) is 0 Å². The third-order valence-electron chi connectivity index (χ3n) is 3.84. The van der Waals surface area contributed by atoms with E-state index in [0.717, 1.165) is 11.1 Å². The van der Waals surface area contributed by atoms with Gasteiger partial charge in [-0.1, -0.05) is 29.8 Å². The average molecular weight is 404 g/mol. The van der Waals surface area contributed by atoms with Gasteiger partial charge < -0.3 is 10.6 Å². The standard InChI is InChI=1S/C20H25N3O4S/c1-14(2)23-28(26,27)18-10-6-16(7-11-18)12-13-21-19(24)20(25)22-17-8-4-15(3)5-9-17/h4-11,14,23H,12-13H2,1-3H3,(H,21,24)(H,22,25). The Balaban J connectivity index is 1.83. The number of anilines is 1. The summed E-state index contributed by atoms with van der Waals surface area (Å²) in [5, 5.41) is 5.08. The van der Waals surface area contributed by atoms with Crippen molar-refractivity contribution in [2.75, 3.05) is 11.9 Å². The highest BCUT2D eigenvalue weighted by molar-refractivity contribution is 7.89. The summed E-state index contributed by atoms with van der Waals surface area (Å²) in [6, 6.07) is 13.4. The molecule has 0 bridgehead atoms. The second-order valence-corrected chi connectivity index (χ2v) is 8.46. The zero-order valence-corrected chi connectivity index (χ0v) is 17.0. The SMILES string of the molecule is Cc1ccc(NC(=O)C(=O)NCCc2ccc(S(=O)(=O)NC(C)C)cc2)cc1. The van der Waals surface area contributed by atoms with Crippen LogP contribution < -0.4 is 15.4 Å². The van der Waals surface area contributed by atoms with E-state index in [1.807, 2.05) is 19.1 Å². The Labute approximate surface area is 165 Å². The quantitative estimate of drug-likeness (QED) is 0.615. The number of carbonyl (C=O) groups excluding carboxylic acids is 2. The number of benzene rings is 2. The molecule has 0 aliphatic heterocycles. The Hall–Kier alpha value is -2.71. The Morgan fingerprint density at radius 1 is 0.929 bits per heavy atom. The van der Waals surface area contributed by atoms with Crippen molar-refractivity contribution in [3.8, 4) is 0 Å². The molecule has 28 heavy (non-hydrogen) atoms. The lowest BCUT2D eigenvalue weighted by Crippen LogP contribution is -2.36. The van der Waals surface area contributed by atoms with Crippen molar-refractivity contribution in [2.45, 2.75) is 38.1 Å². The summed E-state index contributed by atoms with van der Waals surface area (Å²) in [5.74, 6) is -1.45. The summed E-state index contributed by atoms with van der Waals surface area (Å²) in [5.41, 5.74) is 2.46. The van der Waals surface area contributed by atoms with E-state index in [9.17, 15) is 18.0 Å². The fourth-order valence-corrected chi connectivity index (χ4v) is 3.69. The predicted octanol–water partition coefficient (Wildman–Crippen LogP) is 1.98. The Kier molecular flexibility index (Phi) is 7.31. The maximum absolute atomic E-state index is 12.1. The molecule has 0 heterocycles. The van der Waals surface area contributed by atoms with Gasteiger partial charge in [-0.05, 0) is 57.0 Å². The van der Waals surface area contributed by atoms with E-state index in [1.165, 1.54) is 12.1 Å². The molecule has 150 valence electrons. The first kappa shape index (κ1) is 21.6. The molecule has 0 saturated heterocycles. The van der Waals surface area contributed by atoms with Crippen LogP contribution >= 0.6 is 0 Å². The topological polar surface area (TPSA) is 104 Å². The summed E-state index contributed by atoms with van der Waals surface area (Å²) in [4.78, 5) is 24.0. The Morgan fingerprint density at radius 3 is 2.11 bits per heavy atom. The molecular formula is C20H25N3O4S. The minimum atomic E-state index is -3.53. The van der Waals surface area contributed by atoms with E-state index < -0.39 is 21.8 Å². The van der Waals surface area contributed by atoms with E-state index in [2.05, 4.69) is 15.4 Å². The molecule has 0 unspecified atom stereocenters. The Morgan fingerprint density at radius 2 is 1.54 bits per heavy atom. The molecular weight excluding hydrogens is 378 g/mol. The highest BCUT2D eigenvalue weighted by Gasteiger charge is 2.15. The molecule has 3 N–H and O–H groups in total. The zero-order valence-electron chi connectivity index (χ0n) is 16.2. The molecule has 2 aromatic rings. The third-order valence-corrected chi connectivity index (χ3v) is 5.51. The van der Waals surface area contributed by atoms with Gasteiger partial charge in [-0.3, -0.25) is 9.59 Å². The van der Waals surface area contributed by atoms with Crippen molar-refractivity contribution in [1.82, 2.24) is 10.0 Å². The van der Waals surface area contributed by atoms with Gasteiger partial charge in [-0.15, -0.1) is 0 Å². The highest BCUT2D eigenvalue weighted by atomic mass is 32.2. The van der Waals surface area contributed by atoms with Crippen LogP contribution in [0.1, 0.15) is 25.0 Å². The van der Waals surface area contributed by atoms with E-state index in [4.69, 9.17) is 0 Å². The molecule has 8 heteroatoms. The van der Waals surface area contributed by atoms with Crippen LogP contribution in [-0.4, -0.2) is 32.8 Å². The minimum absolute atomic E-state index is 0.187. The summed E-state index contributed by atoms with van der Waals surface area (Å²) >= 11 is 0. The van der Waals surface area contributed by atoms with Crippen molar-refractivity contribution in [3.63, 3.8) is 0 Å². The van der Waals surface area contributed by atoms with Crippen LogP contribution in [0.5, 0.6) is 0 Å². The average Bonchev–Trinajstić information content (AvgIpc) is 2.63. The lowest BCUT2D eigenvalue weighted by molar-refractivity contribution is -0.136. The van der Waals surface area contributed by atoms with Crippen molar-refractivity contribution < 1.29 is 18.0 Å². The van der Waals surface area contributed by atoms with Gasteiger partial charge in [-0.25, -0.2) is 13.1 Å². The number of amides is 2. The van der Waals surface area contributed by atoms with Gasteiger partial charge in [0.2, 0.25) is 10.0 Å².